The van der Waals surface area contributed by atoms with Gasteiger partial charge in [0.2, 0.25) is 0 Å². The summed E-state index contributed by atoms with van der Waals surface area (Å²) >= 11 is 0. The molecular weight excluding hydrogens is 341 g/mol. The van der Waals surface area contributed by atoms with Crippen LogP contribution in [-0.2, 0) is 9.53 Å². The van der Waals surface area contributed by atoms with Gasteiger partial charge in [-0.2, -0.15) is 0 Å². The summed E-state index contributed by atoms with van der Waals surface area (Å²) in [5, 5.41) is 2.86. The lowest BCUT2D eigenvalue weighted by Crippen LogP contribution is -2.31. The number of benzene rings is 2. The highest BCUT2D eigenvalue weighted by molar-refractivity contribution is 5.98. The maximum Gasteiger partial charge on any atom is 0.351 e. The number of para-hydroxylation sites is 2. The molecule has 1 unspecified atom stereocenters. The number of amides is 1. The molecule has 2 aromatic carbocycles. The van der Waals surface area contributed by atoms with E-state index in [1.54, 1.807) is 30.3 Å². The third-order valence-corrected chi connectivity index (χ3v) is 3.65. The molecule has 0 saturated heterocycles. The first kappa shape index (κ1) is 17.3. The van der Waals surface area contributed by atoms with Crippen LogP contribution in [0.1, 0.15) is 17.3 Å². The minimum Gasteiger partial charge on any atom is -0.449 e. The van der Waals surface area contributed by atoms with Gasteiger partial charge >= 0.3 is 11.6 Å². The van der Waals surface area contributed by atoms with Gasteiger partial charge in [0.25, 0.3) is 5.91 Å². The highest BCUT2D eigenvalue weighted by atomic mass is 19.1. The summed E-state index contributed by atoms with van der Waals surface area (Å²) in [6, 6.07) is 13.6. The van der Waals surface area contributed by atoms with Crippen molar-refractivity contribution < 1.29 is 23.1 Å². The number of nitrogens with one attached hydrogen (secondary N) is 1. The molecule has 7 heteroatoms. The number of ether oxygens (including phenoxy) is 1. The summed E-state index contributed by atoms with van der Waals surface area (Å²) in [7, 11) is 0. The van der Waals surface area contributed by atoms with Gasteiger partial charge in [0.1, 0.15) is 17.0 Å². The van der Waals surface area contributed by atoms with E-state index in [1.165, 1.54) is 31.2 Å². The molecule has 0 aliphatic rings. The first-order chi connectivity index (χ1) is 12.5. The Morgan fingerprint density at radius 3 is 2.58 bits per heavy atom. The molecule has 0 spiro atoms. The maximum atomic E-state index is 13.6. The number of carbonyl (C=O) groups is 2. The van der Waals surface area contributed by atoms with Crippen molar-refractivity contribution >= 4 is 28.5 Å². The Labute approximate surface area is 147 Å². The molecule has 3 aromatic rings. The van der Waals surface area contributed by atoms with E-state index in [0.29, 0.717) is 11.0 Å². The Morgan fingerprint density at radius 2 is 1.81 bits per heavy atom. The third kappa shape index (κ3) is 3.61. The van der Waals surface area contributed by atoms with Crippen molar-refractivity contribution in [1.29, 1.82) is 0 Å². The number of hydrogen-bond donors (Lipinski definition) is 1. The first-order valence-electron chi connectivity index (χ1n) is 7.75. The maximum absolute atomic E-state index is 13.6. The SMILES string of the molecule is CC(OC(=O)c1cc2ccccc2oc1=O)C(=O)Nc1ccccc1F. The molecule has 1 amide bonds. The Kier molecular flexibility index (Phi) is 4.79. The second kappa shape index (κ2) is 7.18. The van der Waals surface area contributed by atoms with Gasteiger partial charge < -0.3 is 14.5 Å². The topological polar surface area (TPSA) is 85.6 Å². The molecule has 1 aromatic heterocycles. The van der Waals surface area contributed by atoms with Gasteiger partial charge in [0.15, 0.2) is 6.10 Å². The van der Waals surface area contributed by atoms with E-state index in [1.807, 2.05) is 0 Å². The summed E-state index contributed by atoms with van der Waals surface area (Å²) in [4.78, 5) is 36.2. The van der Waals surface area contributed by atoms with Gasteiger partial charge in [-0.25, -0.2) is 14.0 Å². The molecular formula is C19H14FNO5. The van der Waals surface area contributed by atoms with E-state index in [0.717, 1.165) is 0 Å². The zero-order chi connectivity index (χ0) is 18.7. The lowest BCUT2D eigenvalue weighted by atomic mass is 10.2. The number of fused-ring (bicyclic) bond motifs is 1. The van der Waals surface area contributed by atoms with Crippen LogP contribution in [0.5, 0.6) is 0 Å². The molecule has 3 rings (SSSR count). The minimum absolute atomic E-state index is 0.0365. The predicted molar refractivity (Wildman–Crippen MR) is 92.4 cm³/mol. The number of rotatable bonds is 4. The van der Waals surface area contributed by atoms with Crippen LogP contribution < -0.4 is 10.9 Å². The second-order valence-electron chi connectivity index (χ2n) is 5.50. The van der Waals surface area contributed by atoms with Crippen LogP contribution in [0.25, 0.3) is 11.0 Å². The Morgan fingerprint density at radius 1 is 1.12 bits per heavy atom. The lowest BCUT2D eigenvalue weighted by molar-refractivity contribution is -0.123. The fourth-order valence-electron chi connectivity index (χ4n) is 2.28. The standard InChI is InChI=1S/C19H14FNO5/c1-11(17(22)21-15-8-4-3-7-14(15)20)25-18(23)13-10-12-6-2-5-9-16(12)26-19(13)24/h2-11H,1H3,(H,21,22). The number of halogens is 1. The van der Waals surface area contributed by atoms with Crippen LogP contribution in [0.4, 0.5) is 10.1 Å². The Hall–Kier alpha value is -3.48. The van der Waals surface area contributed by atoms with Crippen molar-refractivity contribution in [2.24, 2.45) is 0 Å². The molecule has 132 valence electrons. The largest absolute Gasteiger partial charge is 0.449 e. The van der Waals surface area contributed by atoms with Crippen molar-refractivity contribution in [3.8, 4) is 0 Å². The lowest BCUT2D eigenvalue weighted by Gasteiger charge is -2.13. The highest BCUT2D eigenvalue weighted by Gasteiger charge is 2.22. The molecule has 0 fully saturated rings. The molecule has 0 radical (unpaired) electrons. The fourth-order valence-corrected chi connectivity index (χ4v) is 2.28. The average molecular weight is 355 g/mol. The van der Waals surface area contributed by atoms with E-state index in [9.17, 15) is 18.8 Å². The number of carbonyl (C=O) groups excluding carboxylic acids is 2. The first-order valence-corrected chi connectivity index (χ1v) is 7.75. The molecule has 0 aliphatic heterocycles. The molecule has 1 N–H and O–H groups in total. The number of hydrogen-bond acceptors (Lipinski definition) is 5. The second-order valence-corrected chi connectivity index (χ2v) is 5.50. The molecule has 0 bridgehead atoms. The molecule has 0 saturated carbocycles. The zero-order valence-electron chi connectivity index (χ0n) is 13.7. The summed E-state index contributed by atoms with van der Waals surface area (Å²) in [6.45, 7) is 1.32. The summed E-state index contributed by atoms with van der Waals surface area (Å²) < 4.78 is 23.6. The van der Waals surface area contributed by atoms with Crippen molar-refractivity contribution in [3.05, 3.63) is 76.4 Å². The smallest absolute Gasteiger partial charge is 0.351 e. The van der Waals surface area contributed by atoms with Crippen molar-refractivity contribution in [2.45, 2.75) is 13.0 Å². The van der Waals surface area contributed by atoms with Gasteiger partial charge in [-0.05, 0) is 31.2 Å². The van der Waals surface area contributed by atoms with Crippen molar-refractivity contribution in [2.75, 3.05) is 5.32 Å². The van der Waals surface area contributed by atoms with Crippen LogP contribution in [-0.4, -0.2) is 18.0 Å². The third-order valence-electron chi connectivity index (χ3n) is 3.65. The summed E-state index contributed by atoms with van der Waals surface area (Å²) in [6.07, 6.45) is -1.24. The summed E-state index contributed by atoms with van der Waals surface area (Å²) in [5.41, 5.74) is -0.894. The van der Waals surface area contributed by atoms with E-state index < -0.39 is 29.4 Å². The quantitative estimate of drug-likeness (QED) is 0.574. The molecule has 26 heavy (non-hydrogen) atoms. The zero-order valence-corrected chi connectivity index (χ0v) is 13.7. The van der Waals surface area contributed by atoms with Crippen LogP contribution in [0.2, 0.25) is 0 Å². The molecule has 6 nitrogen and oxygen atoms in total. The van der Waals surface area contributed by atoms with Gasteiger partial charge in [0, 0.05) is 5.39 Å². The van der Waals surface area contributed by atoms with Gasteiger partial charge in [0.05, 0.1) is 5.69 Å². The molecule has 0 aliphatic carbocycles. The monoisotopic (exact) mass is 355 g/mol. The van der Waals surface area contributed by atoms with E-state index in [-0.39, 0.29) is 11.3 Å². The van der Waals surface area contributed by atoms with Gasteiger partial charge in [-0.1, -0.05) is 30.3 Å². The van der Waals surface area contributed by atoms with Crippen LogP contribution in [0.3, 0.4) is 0 Å². The van der Waals surface area contributed by atoms with E-state index in [4.69, 9.17) is 9.15 Å². The Bertz CT molecular complexity index is 1040. The van der Waals surface area contributed by atoms with E-state index in [2.05, 4.69) is 5.32 Å². The minimum atomic E-state index is -1.24. The van der Waals surface area contributed by atoms with Crippen LogP contribution in [0, 0.1) is 5.82 Å². The van der Waals surface area contributed by atoms with Crippen LogP contribution >= 0.6 is 0 Å². The van der Waals surface area contributed by atoms with Crippen LogP contribution in [0.15, 0.2) is 63.8 Å². The van der Waals surface area contributed by atoms with E-state index >= 15 is 0 Å². The van der Waals surface area contributed by atoms with Gasteiger partial charge in [-0.15, -0.1) is 0 Å². The van der Waals surface area contributed by atoms with Crippen molar-refractivity contribution in [1.82, 2.24) is 0 Å². The number of anilines is 1. The summed E-state index contributed by atoms with van der Waals surface area (Å²) in [5.74, 6) is -2.34. The predicted octanol–water partition coefficient (Wildman–Crippen LogP) is 3.12. The average Bonchev–Trinajstić information content (AvgIpc) is 2.62. The number of esters is 1. The van der Waals surface area contributed by atoms with Crippen molar-refractivity contribution in [3.63, 3.8) is 0 Å². The fraction of sp³-hybridized carbons (Fsp3) is 0.105. The van der Waals surface area contributed by atoms with Gasteiger partial charge in [-0.3, -0.25) is 4.79 Å². The molecule has 1 heterocycles. The molecule has 1 atom stereocenters. The highest BCUT2D eigenvalue weighted by Crippen LogP contribution is 2.15. The Balaban J connectivity index is 1.75. The normalized spacial score (nSPS) is 11.8.